The minimum Gasteiger partial charge on any atom is -0.477 e. The molecule has 0 aliphatic carbocycles. The maximum atomic E-state index is 12.9. The van der Waals surface area contributed by atoms with Gasteiger partial charge in [0.2, 0.25) is 0 Å². The maximum absolute atomic E-state index is 12.9. The molecule has 0 aromatic carbocycles. The first-order valence-corrected chi connectivity index (χ1v) is 11.3. The summed E-state index contributed by atoms with van der Waals surface area (Å²) in [6, 6.07) is 4.65. The second-order valence-electron chi connectivity index (χ2n) is 6.86. The summed E-state index contributed by atoms with van der Waals surface area (Å²) in [7, 11) is 1.28. The van der Waals surface area contributed by atoms with Crippen molar-refractivity contribution in [2.24, 2.45) is 5.16 Å². The number of β-lactam (4-membered cyclic amide) rings is 1. The lowest BCUT2D eigenvalue weighted by Crippen LogP contribution is -2.71. The molecule has 0 bridgehead atoms. The number of nitrogens with two attached hydrogens (primary N) is 1. The van der Waals surface area contributed by atoms with E-state index in [-0.39, 0.29) is 22.2 Å². The number of hydrogen-bond acceptors (Lipinski definition) is 9. The largest absolute Gasteiger partial charge is 0.477 e. The SMILES string of the molecule is CO/N=C(/C(=O)NC1C(=O)N2C(C(=O)O)=C(C[n+]3ccccc3)CSC12)c1csc(N)n1. The van der Waals surface area contributed by atoms with Gasteiger partial charge in [-0.2, -0.15) is 0 Å². The molecule has 166 valence electrons. The zero-order chi connectivity index (χ0) is 22.8. The monoisotopic (exact) mass is 475 g/mol. The van der Waals surface area contributed by atoms with E-state index in [1.165, 1.54) is 23.8 Å². The van der Waals surface area contributed by atoms with Gasteiger partial charge in [0.05, 0.1) is 0 Å². The molecular weight excluding hydrogens is 456 g/mol. The lowest BCUT2D eigenvalue weighted by Gasteiger charge is -2.49. The van der Waals surface area contributed by atoms with E-state index < -0.39 is 29.2 Å². The van der Waals surface area contributed by atoms with Gasteiger partial charge in [-0.25, -0.2) is 14.3 Å². The van der Waals surface area contributed by atoms with Crippen molar-refractivity contribution in [1.82, 2.24) is 15.2 Å². The van der Waals surface area contributed by atoms with Gasteiger partial charge in [0, 0.05) is 28.8 Å². The number of rotatable bonds is 7. The Kier molecular flexibility index (Phi) is 6.10. The van der Waals surface area contributed by atoms with Crippen LogP contribution in [0.5, 0.6) is 0 Å². The zero-order valence-corrected chi connectivity index (χ0v) is 18.4. The van der Waals surface area contributed by atoms with E-state index in [9.17, 15) is 19.5 Å². The van der Waals surface area contributed by atoms with Crippen molar-refractivity contribution in [3.63, 3.8) is 0 Å². The Morgan fingerprint density at radius 1 is 1.41 bits per heavy atom. The van der Waals surface area contributed by atoms with Crippen LogP contribution in [0.15, 0.2) is 52.4 Å². The first kappa shape index (κ1) is 21.8. The quantitative estimate of drug-likeness (QED) is 0.216. The fourth-order valence-corrected chi connectivity index (χ4v) is 5.35. The molecule has 11 nitrogen and oxygen atoms in total. The minimum atomic E-state index is -1.18. The Bertz CT molecular complexity index is 1130. The lowest BCUT2D eigenvalue weighted by molar-refractivity contribution is -0.689. The van der Waals surface area contributed by atoms with Crippen LogP contribution in [0.3, 0.4) is 0 Å². The number of amides is 2. The van der Waals surface area contributed by atoms with Gasteiger partial charge < -0.3 is 21.0 Å². The van der Waals surface area contributed by atoms with Crippen LogP contribution in [0.1, 0.15) is 5.69 Å². The van der Waals surface area contributed by atoms with Crippen molar-refractivity contribution in [2.45, 2.75) is 18.0 Å². The molecule has 2 aromatic rings. The van der Waals surface area contributed by atoms with Crippen LogP contribution in [0, 0.1) is 0 Å². The van der Waals surface area contributed by atoms with Crippen LogP contribution < -0.4 is 15.6 Å². The second-order valence-corrected chi connectivity index (χ2v) is 8.85. The second kappa shape index (κ2) is 8.96. The third-order valence-electron chi connectivity index (χ3n) is 4.85. The molecule has 13 heteroatoms. The molecule has 2 aliphatic heterocycles. The van der Waals surface area contributed by atoms with Crippen LogP contribution in [0.25, 0.3) is 0 Å². The van der Waals surface area contributed by atoms with E-state index >= 15 is 0 Å². The molecule has 4 rings (SSSR count). The Labute approximate surface area is 190 Å². The van der Waals surface area contributed by atoms with Gasteiger partial charge in [-0.05, 0) is 0 Å². The highest BCUT2D eigenvalue weighted by atomic mass is 32.2. The minimum absolute atomic E-state index is 0.0429. The van der Waals surface area contributed by atoms with Crippen LogP contribution in [0.4, 0.5) is 5.13 Å². The van der Waals surface area contributed by atoms with Crippen LogP contribution >= 0.6 is 23.1 Å². The fraction of sp³-hybridized carbons (Fsp3) is 0.263. The van der Waals surface area contributed by atoms with Crippen molar-refractivity contribution in [3.8, 4) is 0 Å². The van der Waals surface area contributed by atoms with Gasteiger partial charge in [-0.1, -0.05) is 11.2 Å². The van der Waals surface area contributed by atoms with Crippen molar-refractivity contribution in [1.29, 1.82) is 0 Å². The third kappa shape index (κ3) is 4.03. The third-order valence-corrected chi connectivity index (χ3v) is 6.86. The van der Waals surface area contributed by atoms with Gasteiger partial charge >= 0.3 is 5.97 Å². The number of oxime groups is 1. The molecule has 2 atom stereocenters. The Balaban J connectivity index is 1.53. The lowest BCUT2D eigenvalue weighted by atomic mass is 10.0. The highest BCUT2D eigenvalue weighted by Gasteiger charge is 2.54. The molecule has 2 unspecified atom stereocenters. The van der Waals surface area contributed by atoms with Gasteiger partial charge in [-0.15, -0.1) is 23.1 Å². The molecule has 4 heterocycles. The molecule has 4 N–H and O–H groups in total. The standard InChI is InChI=1S/C19H18N6O5S2/c1-30-23-12(11-9-32-19(20)21-11)15(26)22-13-16(27)25-14(18(28)29)10(8-31-17(13)25)7-24-5-3-2-4-6-24/h2-6,9,13,17H,7-8H2,1H3,(H3-,20,21,22,26,28,29)/p+1/b23-12+. The number of carboxylic acids is 1. The molecule has 0 spiro atoms. The number of aromatic nitrogens is 2. The normalized spacial score (nSPS) is 20.5. The number of nitrogens with zero attached hydrogens (tertiary/aromatic N) is 4. The molecule has 0 radical (unpaired) electrons. The summed E-state index contributed by atoms with van der Waals surface area (Å²) in [5, 5.41) is 17.4. The topological polar surface area (TPSA) is 151 Å². The summed E-state index contributed by atoms with van der Waals surface area (Å²) >= 11 is 2.53. The maximum Gasteiger partial charge on any atom is 0.352 e. The van der Waals surface area contributed by atoms with E-state index in [0.717, 1.165) is 11.3 Å². The number of aliphatic carboxylic acids is 1. The molecule has 2 aliphatic rings. The average Bonchev–Trinajstić information content (AvgIpc) is 3.21. The number of nitrogens with one attached hydrogen (secondary N) is 1. The number of pyridine rings is 1. The van der Waals surface area contributed by atoms with Crippen molar-refractivity contribution in [3.05, 3.63) is 52.9 Å². The summed E-state index contributed by atoms with van der Waals surface area (Å²) in [4.78, 5) is 47.6. The van der Waals surface area contributed by atoms with Crippen LogP contribution in [0.2, 0.25) is 0 Å². The van der Waals surface area contributed by atoms with Gasteiger partial charge in [-0.3, -0.25) is 14.5 Å². The van der Waals surface area contributed by atoms with Crippen molar-refractivity contribution in [2.75, 3.05) is 18.6 Å². The predicted molar refractivity (Wildman–Crippen MR) is 116 cm³/mol. The number of fused-ring (bicyclic) bond motifs is 1. The number of anilines is 1. The first-order chi connectivity index (χ1) is 15.4. The summed E-state index contributed by atoms with van der Waals surface area (Å²) in [6.07, 6.45) is 3.65. The smallest absolute Gasteiger partial charge is 0.352 e. The zero-order valence-electron chi connectivity index (χ0n) is 16.8. The van der Waals surface area contributed by atoms with E-state index in [0.29, 0.717) is 17.9 Å². The molecule has 1 saturated heterocycles. The van der Waals surface area contributed by atoms with Gasteiger partial charge in [0.1, 0.15) is 29.9 Å². The highest BCUT2D eigenvalue weighted by molar-refractivity contribution is 8.00. The molecule has 32 heavy (non-hydrogen) atoms. The number of carbonyl (C=O) groups excluding carboxylic acids is 2. The fourth-order valence-electron chi connectivity index (χ4n) is 3.47. The molecule has 0 saturated carbocycles. The average molecular weight is 476 g/mol. The number of thioether (sulfide) groups is 1. The Morgan fingerprint density at radius 3 is 2.78 bits per heavy atom. The summed E-state index contributed by atoms with van der Waals surface area (Å²) in [5.74, 6) is -1.94. The van der Waals surface area contributed by atoms with Crippen LogP contribution in [-0.4, -0.2) is 62.8 Å². The molecule has 2 aromatic heterocycles. The van der Waals surface area contributed by atoms with Gasteiger partial charge in [0.25, 0.3) is 11.8 Å². The number of hydrogen-bond donors (Lipinski definition) is 3. The van der Waals surface area contributed by atoms with E-state index in [1.54, 1.807) is 5.38 Å². The summed E-state index contributed by atoms with van der Waals surface area (Å²) in [5.41, 5.74) is 6.30. The van der Waals surface area contributed by atoms with E-state index in [4.69, 9.17) is 10.6 Å². The Hall–Kier alpha value is -3.45. The van der Waals surface area contributed by atoms with Gasteiger partial charge in [0.15, 0.2) is 29.8 Å². The summed E-state index contributed by atoms with van der Waals surface area (Å²) < 4.78 is 1.84. The van der Waals surface area contributed by atoms with Crippen molar-refractivity contribution < 1.29 is 28.9 Å². The summed E-state index contributed by atoms with van der Waals surface area (Å²) in [6.45, 7) is 0.346. The molecule has 2 amide bonds. The number of thiazole rings is 1. The first-order valence-electron chi connectivity index (χ1n) is 9.38. The molecule has 1 fully saturated rings. The van der Waals surface area contributed by atoms with Crippen LogP contribution in [-0.2, 0) is 25.8 Å². The predicted octanol–water partition coefficient (Wildman–Crippen LogP) is -0.198. The number of carbonyl (C=O) groups is 3. The molecular formula is C19H19N6O5S2+. The highest BCUT2D eigenvalue weighted by Crippen LogP contribution is 2.40. The Morgan fingerprint density at radius 2 is 2.16 bits per heavy atom. The van der Waals surface area contributed by atoms with E-state index in [2.05, 4.69) is 15.5 Å². The van der Waals surface area contributed by atoms with E-state index in [1.807, 2.05) is 35.2 Å². The number of nitrogen functional groups attached to an aromatic ring is 1. The van der Waals surface area contributed by atoms with Crippen molar-refractivity contribution >= 4 is 51.7 Å². The number of carboxylic acid groups (broad SMARTS) is 1.